The van der Waals surface area contributed by atoms with Crippen molar-refractivity contribution in [3.8, 4) is 22.6 Å². The average Bonchev–Trinajstić information content (AvgIpc) is 2.97. The van der Waals surface area contributed by atoms with Crippen LogP contribution in [0.5, 0.6) is 11.5 Å². The minimum absolute atomic E-state index is 0.154. The minimum atomic E-state index is 0.154. The summed E-state index contributed by atoms with van der Waals surface area (Å²) in [5.41, 5.74) is 13.2. The Hall–Kier alpha value is -4.24. The van der Waals surface area contributed by atoms with Crippen LogP contribution in [0, 0.1) is 0 Å². The fourth-order valence-electron chi connectivity index (χ4n) is 6.77. The van der Waals surface area contributed by atoms with Crippen LogP contribution in [0.4, 0.5) is 17.1 Å². The molecule has 0 aromatic heterocycles. The van der Waals surface area contributed by atoms with Gasteiger partial charge in [0.05, 0.1) is 5.69 Å². The lowest BCUT2D eigenvalue weighted by atomic mass is 9.34. The van der Waals surface area contributed by atoms with E-state index in [1.165, 1.54) is 75.0 Å². The van der Waals surface area contributed by atoms with Crippen LogP contribution < -0.4 is 26.0 Å². The fourth-order valence-corrected chi connectivity index (χ4v) is 6.77. The minimum Gasteiger partial charge on any atom is -0.458 e. The van der Waals surface area contributed by atoms with E-state index < -0.39 is 0 Å². The number of rotatable bonds is 2. The van der Waals surface area contributed by atoms with Gasteiger partial charge in [-0.1, -0.05) is 78.9 Å². The topological polar surface area (TPSA) is 12.5 Å². The highest BCUT2D eigenvalue weighted by molar-refractivity contribution is 6.99. The summed E-state index contributed by atoms with van der Waals surface area (Å²) in [6.45, 7) is 0.154. The molecule has 5 aromatic rings. The molecule has 176 valence electrons. The van der Waals surface area contributed by atoms with Crippen LogP contribution in [0.3, 0.4) is 0 Å². The first-order chi connectivity index (χ1) is 18.4. The normalized spacial score (nSPS) is 14.7. The molecule has 0 fully saturated rings. The summed E-state index contributed by atoms with van der Waals surface area (Å²) in [4.78, 5) is 2.50. The van der Waals surface area contributed by atoms with Crippen LogP contribution in [0.2, 0.25) is 0 Å². The number of aryl methyl sites for hydroxylation is 1. The molecule has 5 aromatic carbocycles. The van der Waals surface area contributed by atoms with Crippen molar-refractivity contribution in [1.29, 1.82) is 0 Å². The third kappa shape index (κ3) is 3.07. The summed E-state index contributed by atoms with van der Waals surface area (Å²) in [5, 5.41) is 0. The Bertz CT molecular complexity index is 1680. The van der Waals surface area contributed by atoms with Gasteiger partial charge < -0.3 is 9.64 Å². The third-order valence-corrected chi connectivity index (χ3v) is 8.33. The standard InChI is InChI=1S/C34H26BNO/c1-2-12-24(13-3-1)33-25-14-5-4-11-23(25)21-22-29(33)36-28-17-8-6-15-26(28)35-27-16-7-9-19-31(27)37-32-20-10-18-30(36)34(32)35/h1-3,6-10,12-13,15-22H,4-5,11,14H2. The van der Waals surface area contributed by atoms with E-state index in [-0.39, 0.29) is 6.71 Å². The maximum absolute atomic E-state index is 6.50. The van der Waals surface area contributed by atoms with E-state index in [4.69, 9.17) is 4.74 Å². The van der Waals surface area contributed by atoms with Gasteiger partial charge in [0.25, 0.3) is 6.71 Å². The molecule has 0 unspecified atom stereocenters. The molecule has 2 nitrogen and oxygen atoms in total. The first-order valence-corrected chi connectivity index (χ1v) is 13.4. The molecule has 0 atom stereocenters. The number of fused-ring (bicyclic) bond motifs is 5. The van der Waals surface area contributed by atoms with Crippen LogP contribution >= 0.6 is 0 Å². The maximum atomic E-state index is 6.50. The molecule has 0 saturated carbocycles. The average molecular weight is 475 g/mol. The first-order valence-electron chi connectivity index (χ1n) is 13.4. The Morgan fingerprint density at radius 3 is 2.22 bits per heavy atom. The number of anilines is 3. The molecule has 1 aliphatic carbocycles. The van der Waals surface area contributed by atoms with Crippen molar-refractivity contribution in [2.24, 2.45) is 0 Å². The van der Waals surface area contributed by atoms with Gasteiger partial charge in [0.15, 0.2) is 0 Å². The molecule has 37 heavy (non-hydrogen) atoms. The fraction of sp³-hybridized carbons (Fsp3) is 0.118. The predicted molar refractivity (Wildman–Crippen MR) is 154 cm³/mol. The molecule has 3 heteroatoms. The van der Waals surface area contributed by atoms with Crippen LogP contribution in [-0.4, -0.2) is 6.71 Å². The van der Waals surface area contributed by atoms with Gasteiger partial charge in [-0.25, -0.2) is 0 Å². The summed E-state index contributed by atoms with van der Waals surface area (Å²) in [7, 11) is 0. The Labute approximate surface area is 218 Å². The van der Waals surface area contributed by atoms with Crippen molar-refractivity contribution in [2.45, 2.75) is 25.7 Å². The van der Waals surface area contributed by atoms with Gasteiger partial charge in [-0.2, -0.15) is 0 Å². The smallest absolute Gasteiger partial charge is 0.256 e. The van der Waals surface area contributed by atoms with E-state index in [0.717, 1.165) is 17.9 Å². The van der Waals surface area contributed by atoms with Crippen LogP contribution in [0.1, 0.15) is 24.0 Å². The lowest BCUT2D eigenvalue weighted by molar-refractivity contribution is 0.487. The molecule has 0 spiro atoms. The third-order valence-electron chi connectivity index (χ3n) is 8.33. The second-order valence-electron chi connectivity index (χ2n) is 10.3. The molecular formula is C34H26BNO. The zero-order valence-corrected chi connectivity index (χ0v) is 20.7. The van der Waals surface area contributed by atoms with E-state index in [9.17, 15) is 0 Å². The second kappa shape index (κ2) is 8.14. The number of hydrogen-bond donors (Lipinski definition) is 0. The molecule has 8 rings (SSSR count). The van der Waals surface area contributed by atoms with Gasteiger partial charge in [0.2, 0.25) is 0 Å². The van der Waals surface area contributed by atoms with Crippen molar-refractivity contribution in [2.75, 3.05) is 4.90 Å². The van der Waals surface area contributed by atoms with Gasteiger partial charge in [0, 0.05) is 16.9 Å². The van der Waals surface area contributed by atoms with Crippen molar-refractivity contribution in [1.82, 2.24) is 0 Å². The summed E-state index contributed by atoms with van der Waals surface area (Å²) >= 11 is 0. The van der Waals surface area contributed by atoms with Gasteiger partial charge in [-0.05, 0) is 89.1 Å². The van der Waals surface area contributed by atoms with Crippen molar-refractivity contribution >= 4 is 40.2 Å². The van der Waals surface area contributed by atoms with Gasteiger partial charge in [-0.3, -0.25) is 0 Å². The molecule has 0 bridgehead atoms. The second-order valence-corrected chi connectivity index (χ2v) is 10.3. The van der Waals surface area contributed by atoms with Crippen molar-refractivity contribution < 1.29 is 4.74 Å². The molecular weight excluding hydrogens is 449 g/mol. The summed E-state index contributed by atoms with van der Waals surface area (Å²) in [6, 6.07) is 39.7. The zero-order valence-electron chi connectivity index (χ0n) is 20.7. The van der Waals surface area contributed by atoms with E-state index >= 15 is 0 Å². The van der Waals surface area contributed by atoms with Crippen LogP contribution in [0.25, 0.3) is 11.1 Å². The highest BCUT2D eigenvalue weighted by Gasteiger charge is 2.41. The number of benzene rings is 5. The number of para-hydroxylation sites is 2. The first kappa shape index (κ1) is 20.9. The van der Waals surface area contributed by atoms with Gasteiger partial charge >= 0.3 is 0 Å². The predicted octanol–water partition coefficient (Wildman–Crippen LogP) is 6.64. The Morgan fingerprint density at radius 2 is 1.30 bits per heavy atom. The van der Waals surface area contributed by atoms with E-state index in [2.05, 4.69) is 114 Å². The molecule has 0 radical (unpaired) electrons. The van der Waals surface area contributed by atoms with E-state index in [1.807, 2.05) is 0 Å². The van der Waals surface area contributed by atoms with Crippen LogP contribution in [0.15, 0.2) is 109 Å². The Balaban J connectivity index is 1.44. The molecule has 0 N–H and O–H groups in total. The quantitative estimate of drug-likeness (QED) is 0.260. The Morgan fingerprint density at radius 1 is 0.568 bits per heavy atom. The van der Waals surface area contributed by atoms with E-state index in [1.54, 1.807) is 0 Å². The Kier molecular flexibility index (Phi) is 4.60. The van der Waals surface area contributed by atoms with Gasteiger partial charge in [0.1, 0.15) is 11.5 Å². The van der Waals surface area contributed by atoms with Crippen LogP contribution in [-0.2, 0) is 12.8 Å². The monoisotopic (exact) mass is 475 g/mol. The van der Waals surface area contributed by atoms with Crippen molar-refractivity contribution in [3.63, 3.8) is 0 Å². The van der Waals surface area contributed by atoms with E-state index in [0.29, 0.717) is 0 Å². The molecule has 0 amide bonds. The molecule has 2 heterocycles. The molecule has 2 aliphatic heterocycles. The summed E-state index contributed by atoms with van der Waals surface area (Å²) < 4.78 is 6.50. The van der Waals surface area contributed by atoms with Crippen molar-refractivity contribution in [3.05, 3.63) is 120 Å². The van der Waals surface area contributed by atoms with Gasteiger partial charge in [-0.15, -0.1) is 0 Å². The maximum Gasteiger partial charge on any atom is 0.256 e. The number of nitrogens with zero attached hydrogens (tertiary/aromatic N) is 1. The number of hydrogen-bond acceptors (Lipinski definition) is 2. The zero-order chi connectivity index (χ0) is 24.3. The largest absolute Gasteiger partial charge is 0.458 e. The highest BCUT2D eigenvalue weighted by atomic mass is 16.5. The lowest BCUT2D eigenvalue weighted by Crippen LogP contribution is -2.59. The highest BCUT2D eigenvalue weighted by Crippen LogP contribution is 2.46. The SMILES string of the molecule is c1ccc(-c2c(N3c4ccccc4B4c5ccccc5Oc5cccc3c54)ccc3c2CCCC3)cc1. The summed E-state index contributed by atoms with van der Waals surface area (Å²) in [5.74, 6) is 1.92. The molecule has 0 saturated heterocycles. The summed E-state index contributed by atoms with van der Waals surface area (Å²) in [6.07, 6.45) is 4.83. The number of ether oxygens (including phenoxy) is 1. The molecule has 3 aliphatic rings. The lowest BCUT2D eigenvalue weighted by Gasteiger charge is -2.41.